The van der Waals surface area contributed by atoms with Crippen LogP contribution in [-0.2, 0) is 9.59 Å². The summed E-state index contributed by atoms with van der Waals surface area (Å²) in [5, 5.41) is 3.16. The highest BCUT2D eigenvalue weighted by Gasteiger charge is 2.41. The summed E-state index contributed by atoms with van der Waals surface area (Å²) in [6.45, 7) is 4.83. The number of imide groups is 1. The smallest absolute Gasteiger partial charge is 0.282 e. The first kappa shape index (κ1) is 22.9. The molecule has 3 aromatic rings. The molecule has 7 nitrogen and oxygen atoms in total. The molecule has 1 aliphatic rings. The van der Waals surface area contributed by atoms with Crippen LogP contribution in [-0.4, -0.2) is 32.1 Å². The van der Waals surface area contributed by atoms with Gasteiger partial charge in [0.1, 0.15) is 22.9 Å². The van der Waals surface area contributed by atoms with E-state index in [-0.39, 0.29) is 11.3 Å². The lowest BCUT2D eigenvalue weighted by molar-refractivity contribution is -0.120. The summed E-state index contributed by atoms with van der Waals surface area (Å²) in [7, 11) is 1.53. The van der Waals surface area contributed by atoms with Crippen LogP contribution < -0.4 is 24.4 Å². The summed E-state index contributed by atoms with van der Waals surface area (Å²) in [6.07, 6.45) is 0. The number of carbonyl (C=O) groups excluding carboxylic acids is 2. The zero-order chi connectivity index (χ0) is 24.1. The molecule has 0 atom stereocenters. The number of amides is 2. The molecule has 0 spiro atoms. The van der Waals surface area contributed by atoms with E-state index in [0.717, 1.165) is 4.90 Å². The Morgan fingerprint density at radius 1 is 0.794 bits per heavy atom. The number of ether oxygens (including phenoxy) is 3. The van der Waals surface area contributed by atoms with E-state index in [1.165, 1.54) is 7.11 Å². The molecule has 0 saturated heterocycles. The Morgan fingerprint density at radius 3 is 2.21 bits per heavy atom. The number of hydrogen-bond acceptors (Lipinski definition) is 6. The van der Waals surface area contributed by atoms with Crippen molar-refractivity contribution in [3.8, 4) is 17.2 Å². The molecule has 4 rings (SSSR count). The number of anilines is 2. The maximum absolute atomic E-state index is 13.7. The molecule has 0 unspecified atom stereocenters. The van der Waals surface area contributed by atoms with Crippen LogP contribution in [0.2, 0.25) is 0 Å². The molecule has 1 N–H and O–H groups in total. The first-order chi connectivity index (χ1) is 16.6. The number of carbonyl (C=O) groups is 2. The van der Waals surface area contributed by atoms with Gasteiger partial charge < -0.3 is 19.5 Å². The normalized spacial score (nSPS) is 13.3. The summed E-state index contributed by atoms with van der Waals surface area (Å²) < 4.78 is 16.6. The summed E-state index contributed by atoms with van der Waals surface area (Å²) in [6, 6.07) is 21.2. The van der Waals surface area contributed by atoms with E-state index in [1.807, 2.05) is 38.1 Å². The van der Waals surface area contributed by atoms with Gasteiger partial charge in [-0.25, -0.2) is 4.90 Å². The van der Waals surface area contributed by atoms with Crippen LogP contribution >= 0.6 is 0 Å². The van der Waals surface area contributed by atoms with Gasteiger partial charge in [0.25, 0.3) is 11.8 Å². The Morgan fingerprint density at radius 2 is 1.50 bits per heavy atom. The Balaban J connectivity index is 1.79. The number of methoxy groups -OCH3 is 1. The highest BCUT2D eigenvalue weighted by Crippen LogP contribution is 2.38. The predicted octanol–water partition coefficient (Wildman–Crippen LogP) is 4.89. The van der Waals surface area contributed by atoms with Crippen LogP contribution in [0.3, 0.4) is 0 Å². The maximum atomic E-state index is 13.7. The molecule has 7 heteroatoms. The van der Waals surface area contributed by atoms with E-state index in [4.69, 9.17) is 14.2 Å². The molecule has 2 amide bonds. The molecule has 0 fully saturated rings. The molecule has 0 bridgehead atoms. The van der Waals surface area contributed by atoms with Crippen LogP contribution in [0.15, 0.2) is 78.5 Å². The van der Waals surface area contributed by atoms with Crippen molar-refractivity contribution in [2.24, 2.45) is 0 Å². The molecule has 1 heterocycles. The van der Waals surface area contributed by atoms with Crippen molar-refractivity contribution < 1.29 is 23.8 Å². The molecular formula is C27H26N2O5. The van der Waals surface area contributed by atoms with Crippen LogP contribution in [0.1, 0.15) is 19.4 Å². The highest BCUT2D eigenvalue weighted by molar-refractivity contribution is 6.46. The minimum atomic E-state index is -0.461. The van der Waals surface area contributed by atoms with E-state index in [0.29, 0.717) is 47.4 Å². The van der Waals surface area contributed by atoms with Crippen LogP contribution in [0.4, 0.5) is 11.4 Å². The standard InChI is InChI=1S/C27H26N2O5/c1-4-33-20-15-13-19(14-16-20)29-26(30)24(22-11-6-7-12-23(22)32-3)25(27(29)31)28-18-9-8-10-21(17-18)34-5-2/h6-17,28H,4-5H2,1-3H3. The quantitative estimate of drug-likeness (QED) is 0.460. The maximum Gasteiger partial charge on any atom is 0.282 e. The number of benzene rings is 3. The summed E-state index contributed by atoms with van der Waals surface area (Å²) >= 11 is 0. The molecule has 1 aliphatic heterocycles. The molecule has 0 saturated carbocycles. The number of hydrogen-bond donors (Lipinski definition) is 1. The van der Waals surface area contributed by atoms with Gasteiger partial charge in [-0.05, 0) is 56.3 Å². The average molecular weight is 459 g/mol. The van der Waals surface area contributed by atoms with Crippen molar-refractivity contribution >= 4 is 28.8 Å². The van der Waals surface area contributed by atoms with Gasteiger partial charge in [0.15, 0.2) is 0 Å². The number of para-hydroxylation sites is 1. The first-order valence-electron chi connectivity index (χ1n) is 11.1. The van der Waals surface area contributed by atoms with Gasteiger partial charge in [0.05, 0.1) is 31.6 Å². The molecule has 34 heavy (non-hydrogen) atoms. The largest absolute Gasteiger partial charge is 0.496 e. The molecule has 174 valence electrons. The lowest BCUT2D eigenvalue weighted by Crippen LogP contribution is -2.32. The fourth-order valence-electron chi connectivity index (χ4n) is 3.81. The van der Waals surface area contributed by atoms with Crippen molar-refractivity contribution in [1.82, 2.24) is 0 Å². The van der Waals surface area contributed by atoms with Gasteiger partial charge in [-0.1, -0.05) is 24.3 Å². The van der Waals surface area contributed by atoms with Gasteiger partial charge in [0.2, 0.25) is 0 Å². The predicted molar refractivity (Wildman–Crippen MR) is 131 cm³/mol. The van der Waals surface area contributed by atoms with Crippen molar-refractivity contribution in [1.29, 1.82) is 0 Å². The summed E-state index contributed by atoms with van der Waals surface area (Å²) in [5.74, 6) is 0.912. The van der Waals surface area contributed by atoms with Crippen LogP contribution in [0.25, 0.3) is 5.57 Å². The SMILES string of the molecule is CCOc1ccc(N2C(=O)C(Nc3cccc(OCC)c3)=C(c3ccccc3OC)C2=O)cc1. The minimum Gasteiger partial charge on any atom is -0.496 e. The Bertz CT molecular complexity index is 1230. The third-order valence-electron chi connectivity index (χ3n) is 5.28. The minimum absolute atomic E-state index is 0.164. The van der Waals surface area contributed by atoms with Crippen molar-refractivity contribution in [2.75, 3.05) is 30.5 Å². The second-order valence-electron chi connectivity index (χ2n) is 7.41. The summed E-state index contributed by atoms with van der Waals surface area (Å²) in [5.41, 5.74) is 2.00. The first-order valence-corrected chi connectivity index (χ1v) is 11.1. The zero-order valence-electron chi connectivity index (χ0n) is 19.3. The second kappa shape index (κ2) is 10.1. The van der Waals surface area contributed by atoms with Gasteiger partial charge in [-0.2, -0.15) is 0 Å². The second-order valence-corrected chi connectivity index (χ2v) is 7.41. The monoisotopic (exact) mass is 458 g/mol. The van der Waals surface area contributed by atoms with E-state index >= 15 is 0 Å². The van der Waals surface area contributed by atoms with Gasteiger partial charge in [-0.15, -0.1) is 0 Å². The van der Waals surface area contributed by atoms with E-state index in [2.05, 4.69) is 5.32 Å². The van der Waals surface area contributed by atoms with Gasteiger partial charge >= 0.3 is 0 Å². The molecule has 0 radical (unpaired) electrons. The molecule has 0 aromatic heterocycles. The highest BCUT2D eigenvalue weighted by atomic mass is 16.5. The topological polar surface area (TPSA) is 77.1 Å². The lowest BCUT2D eigenvalue weighted by atomic mass is 10.0. The van der Waals surface area contributed by atoms with E-state index in [9.17, 15) is 9.59 Å². The fraction of sp³-hybridized carbons (Fsp3) is 0.185. The van der Waals surface area contributed by atoms with Crippen LogP contribution in [0.5, 0.6) is 17.2 Å². The van der Waals surface area contributed by atoms with E-state index < -0.39 is 11.8 Å². The molecular weight excluding hydrogens is 432 g/mol. The van der Waals surface area contributed by atoms with Gasteiger partial charge in [-0.3, -0.25) is 9.59 Å². The van der Waals surface area contributed by atoms with Crippen LogP contribution in [0, 0.1) is 0 Å². The Labute approximate surface area is 198 Å². The van der Waals surface area contributed by atoms with Crippen molar-refractivity contribution in [3.63, 3.8) is 0 Å². The van der Waals surface area contributed by atoms with Gasteiger partial charge in [0, 0.05) is 17.3 Å². The zero-order valence-corrected chi connectivity index (χ0v) is 19.3. The summed E-state index contributed by atoms with van der Waals surface area (Å²) in [4.78, 5) is 28.4. The Kier molecular flexibility index (Phi) is 6.82. The molecule has 0 aliphatic carbocycles. The van der Waals surface area contributed by atoms with Crippen molar-refractivity contribution in [3.05, 3.63) is 84.1 Å². The number of nitrogens with zero attached hydrogens (tertiary/aromatic N) is 1. The Hall–Kier alpha value is -4.26. The van der Waals surface area contributed by atoms with Crippen molar-refractivity contribution in [2.45, 2.75) is 13.8 Å². The fourth-order valence-corrected chi connectivity index (χ4v) is 3.81. The molecule has 3 aromatic carbocycles. The third-order valence-corrected chi connectivity index (χ3v) is 5.28. The number of rotatable bonds is 9. The van der Waals surface area contributed by atoms with E-state index in [1.54, 1.807) is 48.5 Å². The average Bonchev–Trinajstić information content (AvgIpc) is 3.09. The number of nitrogens with one attached hydrogen (secondary N) is 1. The third kappa shape index (κ3) is 4.45. The lowest BCUT2D eigenvalue weighted by Gasteiger charge is -2.16.